The molecule has 0 spiro atoms. The number of amides is 2. The van der Waals surface area contributed by atoms with Gasteiger partial charge in [0.15, 0.2) is 0 Å². The van der Waals surface area contributed by atoms with Gasteiger partial charge in [0, 0.05) is 6.54 Å². The van der Waals surface area contributed by atoms with Crippen LogP contribution in [-0.2, 0) is 19.1 Å². The number of fused-ring (bicyclic) bond motifs is 1. The van der Waals surface area contributed by atoms with E-state index in [1.54, 1.807) is 6.07 Å². The fraction of sp³-hybridized carbons (Fsp3) is 0.316. The minimum absolute atomic E-state index is 0.0458. The van der Waals surface area contributed by atoms with Gasteiger partial charge < -0.3 is 10.6 Å². The quantitative estimate of drug-likeness (QED) is 0.837. The summed E-state index contributed by atoms with van der Waals surface area (Å²) in [6.07, 6.45) is -1.53. The minimum Gasteiger partial charge on any atom is -0.334 e. The molecule has 132 valence electrons. The Balaban J connectivity index is 1.59. The number of nitrogens with one attached hydrogen (secondary N) is 2. The minimum atomic E-state index is -4.38. The van der Waals surface area contributed by atoms with Gasteiger partial charge in [-0.3, -0.25) is 0 Å². The highest BCUT2D eigenvalue weighted by Crippen LogP contribution is 2.30. The summed E-state index contributed by atoms with van der Waals surface area (Å²) in [6, 6.07) is 12.5. The van der Waals surface area contributed by atoms with Crippen molar-refractivity contribution in [3.8, 4) is 0 Å². The first-order valence-electron chi connectivity index (χ1n) is 8.22. The largest absolute Gasteiger partial charge is 0.416 e. The lowest BCUT2D eigenvalue weighted by atomic mass is 9.88. The second-order valence-corrected chi connectivity index (χ2v) is 6.17. The first-order valence-corrected chi connectivity index (χ1v) is 8.22. The number of rotatable bonds is 3. The average molecular weight is 348 g/mol. The highest BCUT2D eigenvalue weighted by atomic mass is 19.4. The van der Waals surface area contributed by atoms with Gasteiger partial charge in [-0.1, -0.05) is 36.4 Å². The number of urea groups is 1. The topological polar surface area (TPSA) is 41.1 Å². The van der Waals surface area contributed by atoms with E-state index in [-0.39, 0.29) is 18.6 Å². The molecule has 0 bridgehead atoms. The summed E-state index contributed by atoms with van der Waals surface area (Å²) in [5.74, 6) is 0. The van der Waals surface area contributed by atoms with Gasteiger partial charge in [0.1, 0.15) is 0 Å². The monoisotopic (exact) mass is 348 g/mol. The summed E-state index contributed by atoms with van der Waals surface area (Å²) in [6.45, 7) is 0.0458. The average Bonchev–Trinajstić information content (AvgIpc) is 2.60. The molecule has 1 aliphatic carbocycles. The fourth-order valence-electron chi connectivity index (χ4n) is 3.15. The van der Waals surface area contributed by atoms with Gasteiger partial charge in [0.2, 0.25) is 0 Å². The van der Waals surface area contributed by atoms with Crippen LogP contribution in [-0.4, -0.2) is 6.03 Å². The van der Waals surface area contributed by atoms with Gasteiger partial charge in [0.05, 0.1) is 11.6 Å². The summed E-state index contributed by atoms with van der Waals surface area (Å²) in [5, 5.41) is 5.56. The molecule has 6 heteroatoms. The van der Waals surface area contributed by atoms with Crippen molar-refractivity contribution in [2.45, 2.75) is 38.0 Å². The Morgan fingerprint density at radius 2 is 1.92 bits per heavy atom. The van der Waals surface area contributed by atoms with Crippen LogP contribution in [0.3, 0.4) is 0 Å². The molecule has 2 aromatic rings. The van der Waals surface area contributed by atoms with Crippen molar-refractivity contribution in [3.05, 3.63) is 70.8 Å². The van der Waals surface area contributed by atoms with E-state index in [9.17, 15) is 18.0 Å². The van der Waals surface area contributed by atoms with Crippen molar-refractivity contribution < 1.29 is 18.0 Å². The zero-order chi connectivity index (χ0) is 17.9. The molecule has 0 heterocycles. The van der Waals surface area contributed by atoms with Crippen molar-refractivity contribution in [2.75, 3.05) is 0 Å². The summed E-state index contributed by atoms with van der Waals surface area (Å²) in [7, 11) is 0. The Hall–Kier alpha value is -2.50. The maximum Gasteiger partial charge on any atom is 0.416 e. The van der Waals surface area contributed by atoms with Crippen LogP contribution in [0.25, 0.3) is 0 Å². The Morgan fingerprint density at radius 3 is 2.72 bits per heavy atom. The van der Waals surface area contributed by atoms with E-state index < -0.39 is 11.7 Å². The van der Waals surface area contributed by atoms with Crippen molar-refractivity contribution >= 4 is 6.03 Å². The van der Waals surface area contributed by atoms with Crippen LogP contribution in [0.5, 0.6) is 0 Å². The molecule has 0 fully saturated rings. The third-order valence-corrected chi connectivity index (χ3v) is 4.38. The van der Waals surface area contributed by atoms with Gasteiger partial charge in [-0.05, 0) is 48.1 Å². The Bertz CT molecular complexity index is 758. The molecule has 0 saturated carbocycles. The van der Waals surface area contributed by atoms with Crippen LogP contribution in [0.2, 0.25) is 0 Å². The molecule has 0 aromatic heterocycles. The molecule has 1 atom stereocenters. The second-order valence-electron chi connectivity index (χ2n) is 6.17. The highest BCUT2D eigenvalue weighted by molar-refractivity contribution is 5.74. The fourth-order valence-corrected chi connectivity index (χ4v) is 3.15. The molecule has 0 radical (unpaired) electrons. The molecule has 2 aromatic carbocycles. The van der Waals surface area contributed by atoms with Crippen LogP contribution in [0.1, 0.15) is 41.1 Å². The van der Waals surface area contributed by atoms with E-state index in [0.29, 0.717) is 5.56 Å². The number of hydrogen-bond acceptors (Lipinski definition) is 1. The van der Waals surface area contributed by atoms with Crippen LogP contribution in [0, 0.1) is 0 Å². The summed E-state index contributed by atoms with van der Waals surface area (Å²) < 4.78 is 38.2. The smallest absolute Gasteiger partial charge is 0.334 e. The van der Waals surface area contributed by atoms with Crippen molar-refractivity contribution in [1.82, 2.24) is 10.6 Å². The number of alkyl halides is 3. The molecule has 25 heavy (non-hydrogen) atoms. The van der Waals surface area contributed by atoms with Crippen molar-refractivity contribution in [2.24, 2.45) is 0 Å². The number of aryl methyl sites for hydroxylation is 1. The Morgan fingerprint density at radius 1 is 1.12 bits per heavy atom. The van der Waals surface area contributed by atoms with E-state index in [4.69, 9.17) is 0 Å². The molecular formula is C19H19F3N2O. The van der Waals surface area contributed by atoms with Crippen LogP contribution in [0.4, 0.5) is 18.0 Å². The zero-order valence-electron chi connectivity index (χ0n) is 13.6. The maximum absolute atomic E-state index is 12.7. The molecule has 2 amide bonds. The van der Waals surface area contributed by atoms with Gasteiger partial charge in [-0.2, -0.15) is 13.2 Å². The third kappa shape index (κ3) is 4.32. The SMILES string of the molecule is O=C(NCc1cccc(C(F)(F)F)c1)NC1CCCc2ccccc21. The van der Waals surface area contributed by atoms with Gasteiger partial charge in [0.25, 0.3) is 0 Å². The van der Waals surface area contributed by atoms with Crippen molar-refractivity contribution in [1.29, 1.82) is 0 Å². The molecule has 3 rings (SSSR count). The predicted octanol–water partition coefficient (Wildman–Crippen LogP) is 4.58. The van der Waals surface area contributed by atoms with Crippen LogP contribution < -0.4 is 10.6 Å². The van der Waals surface area contributed by atoms with Gasteiger partial charge in [-0.25, -0.2) is 4.79 Å². The molecule has 1 unspecified atom stereocenters. The first kappa shape index (κ1) is 17.3. The first-order chi connectivity index (χ1) is 11.9. The Kier molecular flexibility index (Phi) is 4.97. The standard InChI is InChI=1S/C19H19F3N2O/c20-19(21,22)15-8-3-5-13(11-15)12-23-18(25)24-17-10-4-7-14-6-1-2-9-16(14)17/h1-3,5-6,8-9,11,17H,4,7,10,12H2,(H2,23,24,25). The lowest BCUT2D eigenvalue weighted by Gasteiger charge is -2.26. The van der Waals surface area contributed by atoms with E-state index in [0.717, 1.165) is 37.0 Å². The Labute approximate surface area is 144 Å². The number of carbonyl (C=O) groups excluding carboxylic acids is 1. The predicted molar refractivity (Wildman–Crippen MR) is 88.9 cm³/mol. The summed E-state index contributed by atoms with van der Waals surface area (Å²) in [4.78, 5) is 12.1. The van der Waals surface area contributed by atoms with Crippen LogP contribution >= 0.6 is 0 Å². The zero-order valence-corrected chi connectivity index (χ0v) is 13.6. The summed E-state index contributed by atoms with van der Waals surface area (Å²) in [5.41, 5.74) is 2.04. The molecule has 0 saturated heterocycles. The molecule has 0 aliphatic heterocycles. The lowest BCUT2D eigenvalue weighted by Crippen LogP contribution is -2.38. The van der Waals surface area contributed by atoms with Crippen molar-refractivity contribution in [3.63, 3.8) is 0 Å². The lowest BCUT2D eigenvalue weighted by molar-refractivity contribution is -0.137. The highest BCUT2D eigenvalue weighted by Gasteiger charge is 2.30. The third-order valence-electron chi connectivity index (χ3n) is 4.38. The molecular weight excluding hydrogens is 329 g/mol. The number of benzene rings is 2. The second kappa shape index (κ2) is 7.17. The van der Waals surface area contributed by atoms with E-state index >= 15 is 0 Å². The van der Waals surface area contributed by atoms with Gasteiger partial charge >= 0.3 is 12.2 Å². The molecule has 3 nitrogen and oxygen atoms in total. The van der Waals surface area contributed by atoms with Crippen LogP contribution in [0.15, 0.2) is 48.5 Å². The van der Waals surface area contributed by atoms with E-state index in [1.807, 2.05) is 18.2 Å². The number of halogens is 3. The number of carbonyl (C=O) groups is 1. The van der Waals surface area contributed by atoms with Gasteiger partial charge in [-0.15, -0.1) is 0 Å². The normalized spacial score (nSPS) is 16.8. The number of hydrogen-bond donors (Lipinski definition) is 2. The molecule has 2 N–H and O–H groups in total. The van der Waals surface area contributed by atoms with E-state index in [2.05, 4.69) is 16.7 Å². The maximum atomic E-state index is 12.7. The summed E-state index contributed by atoms with van der Waals surface area (Å²) >= 11 is 0. The molecule has 1 aliphatic rings. The van der Waals surface area contributed by atoms with E-state index in [1.165, 1.54) is 11.6 Å².